The minimum Gasteiger partial charge on any atom is -0.496 e. The van der Waals surface area contributed by atoms with Gasteiger partial charge in [0.2, 0.25) is 5.75 Å². The lowest BCUT2D eigenvalue weighted by Crippen LogP contribution is -2.49. The van der Waals surface area contributed by atoms with Crippen LogP contribution in [0.5, 0.6) is 23.0 Å². The third kappa shape index (κ3) is 4.42. The van der Waals surface area contributed by atoms with Gasteiger partial charge in [0.15, 0.2) is 11.5 Å². The second-order valence-corrected chi connectivity index (χ2v) is 6.81. The Morgan fingerprint density at radius 2 is 1.52 bits per heavy atom. The summed E-state index contributed by atoms with van der Waals surface area (Å²) in [7, 11) is 5.95. The first kappa shape index (κ1) is 22.0. The van der Waals surface area contributed by atoms with Crippen LogP contribution in [0.4, 0.5) is 11.4 Å². The van der Waals surface area contributed by atoms with Crippen LogP contribution < -0.4 is 23.8 Å². The van der Waals surface area contributed by atoms with Crippen LogP contribution in [0.15, 0.2) is 30.3 Å². The fourth-order valence-corrected chi connectivity index (χ4v) is 3.58. The maximum Gasteiger partial charge on any atom is 0.296 e. The molecule has 3 rings (SSSR count). The highest BCUT2D eigenvalue weighted by atomic mass is 16.6. The SMILES string of the molecule is COc1ccc(N2CCN(C(=O)c3cc(OC)c(OC)c(OC)c3)CC2)c([N+](=O)[O-])c1. The van der Waals surface area contributed by atoms with Crippen LogP contribution in [-0.4, -0.2) is 70.3 Å². The molecule has 1 fully saturated rings. The molecule has 2 aromatic carbocycles. The molecule has 1 amide bonds. The zero-order chi connectivity index (χ0) is 22.5. The minimum absolute atomic E-state index is 0.0243. The van der Waals surface area contributed by atoms with Crippen molar-refractivity contribution in [1.82, 2.24) is 4.90 Å². The van der Waals surface area contributed by atoms with E-state index in [1.165, 1.54) is 34.5 Å². The highest BCUT2D eigenvalue weighted by Gasteiger charge is 2.28. The van der Waals surface area contributed by atoms with Gasteiger partial charge < -0.3 is 28.7 Å². The number of amides is 1. The van der Waals surface area contributed by atoms with Crippen molar-refractivity contribution in [2.24, 2.45) is 0 Å². The summed E-state index contributed by atoms with van der Waals surface area (Å²) in [6.45, 7) is 1.75. The first-order chi connectivity index (χ1) is 14.9. The van der Waals surface area contributed by atoms with Gasteiger partial charge in [-0.1, -0.05) is 0 Å². The van der Waals surface area contributed by atoms with Crippen molar-refractivity contribution in [3.8, 4) is 23.0 Å². The predicted octanol–water partition coefficient (Wildman–Crippen LogP) is 2.59. The number of nitro groups is 1. The van der Waals surface area contributed by atoms with Gasteiger partial charge in [0.05, 0.1) is 39.4 Å². The van der Waals surface area contributed by atoms with Crippen molar-refractivity contribution in [1.29, 1.82) is 0 Å². The molecule has 10 nitrogen and oxygen atoms in total. The molecule has 0 spiro atoms. The van der Waals surface area contributed by atoms with E-state index < -0.39 is 4.92 Å². The number of methoxy groups -OCH3 is 4. The van der Waals surface area contributed by atoms with Gasteiger partial charge in [-0.25, -0.2) is 0 Å². The smallest absolute Gasteiger partial charge is 0.296 e. The zero-order valence-electron chi connectivity index (χ0n) is 17.9. The normalized spacial score (nSPS) is 13.5. The fraction of sp³-hybridized carbons (Fsp3) is 0.381. The van der Waals surface area contributed by atoms with E-state index in [-0.39, 0.29) is 11.6 Å². The van der Waals surface area contributed by atoms with Crippen LogP contribution >= 0.6 is 0 Å². The van der Waals surface area contributed by atoms with Crippen LogP contribution in [0, 0.1) is 10.1 Å². The van der Waals surface area contributed by atoms with Crippen molar-refractivity contribution in [3.63, 3.8) is 0 Å². The molecule has 0 unspecified atom stereocenters. The van der Waals surface area contributed by atoms with E-state index in [1.54, 1.807) is 29.2 Å². The Kier molecular flexibility index (Phi) is 6.68. The molecule has 1 aliphatic heterocycles. The van der Waals surface area contributed by atoms with Gasteiger partial charge in [-0.05, 0) is 24.3 Å². The number of ether oxygens (including phenoxy) is 4. The van der Waals surface area contributed by atoms with Gasteiger partial charge in [0.25, 0.3) is 11.6 Å². The summed E-state index contributed by atoms with van der Waals surface area (Å²) < 4.78 is 21.1. The van der Waals surface area contributed by atoms with Crippen LogP contribution in [0.25, 0.3) is 0 Å². The molecule has 0 aromatic heterocycles. The standard InChI is InChI=1S/C21H25N3O7/c1-28-15-5-6-16(17(13-15)24(26)27)22-7-9-23(10-8-22)21(25)14-11-18(29-2)20(31-4)19(12-14)30-3/h5-6,11-13H,7-10H2,1-4H3. The maximum atomic E-state index is 13.1. The third-order valence-electron chi connectivity index (χ3n) is 5.20. The summed E-state index contributed by atoms with van der Waals surface area (Å²) in [5.41, 5.74) is 0.896. The van der Waals surface area contributed by atoms with E-state index in [0.717, 1.165) is 0 Å². The lowest BCUT2D eigenvalue weighted by molar-refractivity contribution is -0.384. The molecule has 1 aliphatic rings. The minimum atomic E-state index is -0.425. The van der Waals surface area contributed by atoms with E-state index in [1.807, 2.05) is 4.90 Å². The number of piperazine rings is 1. The number of carbonyl (C=O) groups excluding carboxylic acids is 1. The zero-order valence-corrected chi connectivity index (χ0v) is 17.9. The molecule has 0 bridgehead atoms. The van der Waals surface area contributed by atoms with Gasteiger partial charge >= 0.3 is 0 Å². The van der Waals surface area contributed by atoms with E-state index in [4.69, 9.17) is 18.9 Å². The van der Waals surface area contributed by atoms with Crippen molar-refractivity contribution >= 4 is 17.3 Å². The summed E-state index contributed by atoms with van der Waals surface area (Å²) in [5, 5.41) is 11.5. The molecule has 2 aromatic rings. The number of benzene rings is 2. The Morgan fingerprint density at radius 3 is 2.00 bits per heavy atom. The Labute approximate surface area is 180 Å². The molecular formula is C21H25N3O7. The summed E-state index contributed by atoms with van der Waals surface area (Å²) in [4.78, 5) is 27.7. The Hall–Kier alpha value is -3.69. The van der Waals surface area contributed by atoms with Crippen molar-refractivity contribution < 1.29 is 28.7 Å². The summed E-state index contributed by atoms with van der Waals surface area (Å²) >= 11 is 0. The van der Waals surface area contributed by atoms with Crippen LogP contribution in [0.2, 0.25) is 0 Å². The van der Waals surface area contributed by atoms with Crippen LogP contribution in [0.1, 0.15) is 10.4 Å². The van der Waals surface area contributed by atoms with Crippen molar-refractivity contribution in [2.75, 3.05) is 59.5 Å². The molecule has 1 heterocycles. The molecular weight excluding hydrogens is 406 g/mol. The number of nitro benzene ring substituents is 1. The molecule has 0 radical (unpaired) electrons. The second-order valence-electron chi connectivity index (χ2n) is 6.81. The number of hydrogen-bond donors (Lipinski definition) is 0. The van der Waals surface area contributed by atoms with Crippen molar-refractivity contribution in [3.05, 3.63) is 46.0 Å². The molecule has 0 saturated carbocycles. The molecule has 1 saturated heterocycles. The molecule has 166 valence electrons. The highest BCUT2D eigenvalue weighted by molar-refractivity contribution is 5.96. The molecule has 0 atom stereocenters. The Morgan fingerprint density at radius 1 is 0.903 bits per heavy atom. The van der Waals surface area contributed by atoms with E-state index in [9.17, 15) is 14.9 Å². The summed E-state index contributed by atoms with van der Waals surface area (Å²) in [5.74, 6) is 1.46. The summed E-state index contributed by atoms with van der Waals surface area (Å²) in [6.07, 6.45) is 0. The number of carbonyl (C=O) groups is 1. The third-order valence-corrected chi connectivity index (χ3v) is 5.20. The van der Waals surface area contributed by atoms with E-state index >= 15 is 0 Å². The van der Waals surface area contributed by atoms with Crippen LogP contribution in [-0.2, 0) is 0 Å². The first-order valence-electron chi connectivity index (χ1n) is 9.60. The number of rotatable bonds is 7. The van der Waals surface area contributed by atoms with Gasteiger partial charge in [-0.2, -0.15) is 0 Å². The van der Waals surface area contributed by atoms with Gasteiger partial charge in [-0.3, -0.25) is 14.9 Å². The lowest BCUT2D eigenvalue weighted by atomic mass is 10.1. The largest absolute Gasteiger partial charge is 0.496 e. The van der Waals surface area contributed by atoms with E-state index in [2.05, 4.69) is 0 Å². The highest BCUT2D eigenvalue weighted by Crippen LogP contribution is 2.38. The van der Waals surface area contributed by atoms with Crippen LogP contribution in [0.3, 0.4) is 0 Å². The molecule has 0 aliphatic carbocycles. The Bertz CT molecular complexity index is 946. The monoisotopic (exact) mass is 431 g/mol. The lowest BCUT2D eigenvalue weighted by Gasteiger charge is -2.36. The second kappa shape index (κ2) is 9.41. The van der Waals surface area contributed by atoms with Gasteiger partial charge in [0.1, 0.15) is 11.4 Å². The fourth-order valence-electron chi connectivity index (χ4n) is 3.58. The maximum absolute atomic E-state index is 13.1. The summed E-state index contributed by atoms with van der Waals surface area (Å²) in [6, 6.07) is 8.00. The number of nitrogens with zero attached hydrogens (tertiary/aromatic N) is 3. The average molecular weight is 431 g/mol. The molecule has 10 heteroatoms. The van der Waals surface area contributed by atoms with Gasteiger partial charge in [-0.15, -0.1) is 0 Å². The molecule has 0 N–H and O–H groups in total. The van der Waals surface area contributed by atoms with Gasteiger partial charge in [0, 0.05) is 31.7 Å². The predicted molar refractivity (Wildman–Crippen MR) is 114 cm³/mol. The quantitative estimate of drug-likeness (QED) is 0.487. The number of hydrogen-bond acceptors (Lipinski definition) is 8. The molecule has 31 heavy (non-hydrogen) atoms. The average Bonchev–Trinajstić information content (AvgIpc) is 2.82. The number of anilines is 1. The van der Waals surface area contributed by atoms with E-state index in [0.29, 0.717) is 60.4 Å². The topological polar surface area (TPSA) is 104 Å². The first-order valence-corrected chi connectivity index (χ1v) is 9.60. The van der Waals surface area contributed by atoms with Crippen molar-refractivity contribution in [2.45, 2.75) is 0 Å². The Balaban J connectivity index is 1.77.